The molecule has 4 fully saturated rings. The van der Waals surface area contributed by atoms with Crippen LogP contribution >= 0.6 is 0 Å². The lowest BCUT2D eigenvalue weighted by Gasteiger charge is -2.40. The number of urea groups is 1. The third-order valence-corrected chi connectivity index (χ3v) is 12.4. The largest absolute Gasteiger partial charge is 0.347 e. The smallest absolute Gasteiger partial charge is 0.315 e. The molecule has 5 amide bonds. The van der Waals surface area contributed by atoms with Crippen molar-refractivity contribution in [3.8, 4) is 0 Å². The first kappa shape index (κ1) is 40.7. The summed E-state index contributed by atoms with van der Waals surface area (Å²) in [4.78, 5) is 75.0. The highest BCUT2D eigenvalue weighted by molar-refractivity contribution is 7.89. The molecule has 1 aliphatic heterocycles. The first-order valence-corrected chi connectivity index (χ1v) is 20.2. The van der Waals surface area contributed by atoms with E-state index >= 15 is 0 Å². The standard InChI is InChI=1S/C36H60N6O8S/c1-23(2)21-25-17-20-42(28(25)31(44)38-27(16-13-24-11-12-24)29(43)32(45)37-26-14-15-26)33(46)30(35(3,4)5)39-34(47)40-36(18-9-8-10-19-36)22-51(48,49)41(6)50-7/h21,24-28,30H,8-20,22H2,1-7H3,(H,37,45)(H,38,44)(H2,39,40,47)/t25?,27-,28-,30+/m0/s1. The summed E-state index contributed by atoms with van der Waals surface area (Å²) < 4.78 is 26.9. The number of ketones is 1. The van der Waals surface area contributed by atoms with Gasteiger partial charge in [-0.3, -0.25) is 24.0 Å². The fourth-order valence-corrected chi connectivity index (χ4v) is 8.76. The molecule has 0 radical (unpaired) electrons. The minimum absolute atomic E-state index is 0.00523. The molecule has 3 aliphatic carbocycles. The van der Waals surface area contributed by atoms with Crippen LogP contribution in [0.25, 0.3) is 0 Å². The van der Waals surface area contributed by atoms with Crippen molar-refractivity contribution in [1.29, 1.82) is 0 Å². The van der Waals surface area contributed by atoms with Crippen molar-refractivity contribution in [3.63, 3.8) is 0 Å². The molecular weight excluding hydrogens is 676 g/mol. The van der Waals surface area contributed by atoms with Gasteiger partial charge in [0, 0.05) is 25.6 Å². The van der Waals surface area contributed by atoms with E-state index in [0.717, 1.165) is 55.0 Å². The van der Waals surface area contributed by atoms with Gasteiger partial charge in [-0.1, -0.05) is 69.0 Å². The third-order valence-electron chi connectivity index (χ3n) is 10.6. The van der Waals surface area contributed by atoms with E-state index in [0.29, 0.717) is 38.0 Å². The first-order valence-electron chi connectivity index (χ1n) is 18.6. The minimum atomic E-state index is -3.87. The van der Waals surface area contributed by atoms with Crippen molar-refractivity contribution in [1.82, 2.24) is 30.6 Å². The number of carbonyl (C=O) groups excluding carboxylic acids is 5. The maximum atomic E-state index is 14.5. The van der Waals surface area contributed by atoms with Crippen LogP contribution < -0.4 is 21.3 Å². The lowest BCUT2D eigenvalue weighted by atomic mass is 9.83. The molecule has 51 heavy (non-hydrogen) atoms. The van der Waals surface area contributed by atoms with Gasteiger partial charge in [0.1, 0.15) is 12.1 Å². The summed E-state index contributed by atoms with van der Waals surface area (Å²) in [6.45, 7) is 9.52. The summed E-state index contributed by atoms with van der Waals surface area (Å²) in [6.07, 6.45) is 10.6. The molecule has 4 aliphatic rings. The fraction of sp³-hybridized carbons (Fsp3) is 0.806. The van der Waals surface area contributed by atoms with E-state index in [4.69, 9.17) is 4.84 Å². The molecule has 0 aromatic carbocycles. The SMILES string of the molecule is CON(C)S(=O)(=O)CC1(NC(=O)N[C@H](C(=O)N2CCC(C=C(C)C)[C@H]2C(=O)N[C@@H](CCC2CC2)C(=O)C(=O)NC2CC2)C(C)(C)C)CCCCC1. The number of amides is 5. The fourth-order valence-electron chi connectivity index (χ4n) is 7.29. The van der Waals surface area contributed by atoms with Gasteiger partial charge < -0.3 is 26.2 Å². The van der Waals surface area contributed by atoms with Crippen molar-refractivity contribution in [2.24, 2.45) is 17.3 Å². The summed E-state index contributed by atoms with van der Waals surface area (Å²) >= 11 is 0. The van der Waals surface area contributed by atoms with E-state index in [-0.39, 0.29) is 24.3 Å². The van der Waals surface area contributed by atoms with Gasteiger partial charge >= 0.3 is 6.03 Å². The zero-order valence-corrected chi connectivity index (χ0v) is 32.3. The maximum Gasteiger partial charge on any atom is 0.315 e. The van der Waals surface area contributed by atoms with E-state index in [1.54, 1.807) is 0 Å². The van der Waals surface area contributed by atoms with Crippen LogP contribution in [0.5, 0.6) is 0 Å². The number of sulfonamides is 1. The van der Waals surface area contributed by atoms with Crippen molar-refractivity contribution < 1.29 is 37.2 Å². The Balaban J connectivity index is 1.55. The number of Topliss-reactive ketones (excluding diaryl/α,β-unsaturated/α-hetero) is 1. The van der Waals surface area contributed by atoms with Crippen LogP contribution in [0, 0.1) is 17.3 Å². The highest BCUT2D eigenvalue weighted by atomic mass is 32.2. The van der Waals surface area contributed by atoms with Crippen molar-refractivity contribution in [2.45, 2.75) is 141 Å². The number of hydroxylamine groups is 1. The zero-order chi connectivity index (χ0) is 37.7. The highest BCUT2D eigenvalue weighted by Crippen LogP contribution is 2.35. The predicted molar refractivity (Wildman–Crippen MR) is 192 cm³/mol. The molecule has 0 aromatic rings. The molecule has 1 heterocycles. The monoisotopic (exact) mass is 736 g/mol. The molecule has 14 nitrogen and oxygen atoms in total. The van der Waals surface area contributed by atoms with E-state index in [2.05, 4.69) is 21.3 Å². The number of allylic oxidation sites excluding steroid dienone is 1. The van der Waals surface area contributed by atoms with Gasteiger partial charge in [0.15, 0.2) is 0 Å². The number of rotatable bonds is 16. The van der Waals surface area contributed by atoms with Gasteiger partial charge in [0.2, 0.25) is 27.6 Å². The summed E-state index contributed by atoms with van der Waals surface area (Å²) in [6, 6.07) is -3.73. The lowest BCUT2D eigenvalue weighted by molar-refractivity contribution is -0.144. The second-order valence-corrected chi connectivity index (χ2v) is 18.4. The topological polar surface area (TPSA) is 183 Å². The summed E-state index contributed by atoms with van der Waals surface area (Å²) in [7, 11) is -1.30. The maximum absolute atomic E-state index is 14.5. The molecule has 4 atom stereocenters. The molecule has 3 saturated carbocycles. The predicted octanol–water partition coefficient (Wildman–Crippen LogP) is 2.93. The Bertz CT molecular complexity index is 1440. The van der Waals surface area contributed by atoms with Crippen LogP contribution in [0.1, 0.15) is 112 Å². The first-order chi connectivity index (χ1) is 23.9. The van der Waals surface area contributed by atoms with Crippen LogP contribution in [-0.2, 0) is 34.0 Å². The number of hydrogen-bond acceptors (Lipinski definition) is 8. The average molecular weight is 737 g/mol. The third kappa shape index (κ3) is 11.2. The van der Waals surface area contributed by atoms with E-state index in [9.17, 15) is 32.4 Å². The van der Waals surface area contributed by atoms with Crippen LogP contribution in [0.15, 0.2) is 11.6 Å². The van der Waals surface area contributed by atoms with Crippen molar-refractivity contribution in [2.75, 3.05) is 26.5 Å². The minimum Gasteiger partial charge on any atom is -0.347 e. The van der Waals surface area contributed by atoms with Gasteiger partial charge in [-0.2, -0.15) is 0 Å². The second-order valence-electron chi connectivity index (χ2n) is 16.5. The Morgan fingerprint density at radius 2 is 1.63 bits per heavy atom. The summed E-state index contributed by atoms with van der Waals surface area (Å²) in [5.74, 6) is -2.57. The van der Waals surface area contributed by atoms with Crippen LogP contribution in [0.3, 0.4) is 0 Å². The normalized spacial score (nSPS) is 23.2. The highest BCUT2D eigenvalue weighted by Gasteiger charge is 2.47. The van der Waals surface area contributed by atoms with Crippen LogP contribution in [0.4, 0.5) is 4.79 Å². The van der Waals surface area contributed by atoms with E-state index in [1.165, 1.54) is 19.1 Å². The molecule has 0 spiro atoms. The number of nitrogens with one attached hydrogen (secondary N) is 4. The van der Waals surface area contributed by atoms with Crippen molar-refractivity contribution in [3.05, 3.63) is 11.6 Å². The molecule has 1 saturated heterocycles. The van der Waals surface area contributed by atoms with Crippen molar-refractivity contribution >= 4 is 39.6 Å². The molecule has 288 valence electrons. The van der Waals surface area contributed by atoms with Crippen LogP contribution in [-0.4, -0.2) is 103 Å². The Hall–Kier alpha value is -3.04. The molecule has 0 aromatic heterocycles. The van der Waals surface area contributed by atoms with Gasteiger partial charge in [-0.15, -0.1) is 0 Å². The molecular formula is C36H60N6O8S. The van der Waals surface area contributed by atoms with Gasteiger partial charge in [0.25, 0.3) is 5.91 Å². The van der Waals surface area contributed by atoms with Gasteiger partial charge in [0.05, 0.1) is 24.4 Å². The summed E-state index contributed by atoms with van der Waals surface area (Å²) in [5, 5.41) is 11.4. The Kier molecular flexibility index (Phi) is 13.4. The Morgan fingerprint density at radius 1 is 0.980 bits per heavy atom. The number of carbonyl (C=O) groups is 5. The molecule has 0 bridgehead atoms. The number of likely N-dealkylation sites (tertiary alicyclic amines) is 1. The quantitative estimate of drug-likeness (QED) is 0.106. The zero-order valence-electron chi connectivity index (χ0n) is 31.5. The Morgan fingerprint density at radius 3 is 2.18 bits per heavy atom. The molecule has 15 heteroatoms. The number of hydrogen-bond donors (Lipinski definition) is 4. The van der Waals surface area contributed by atoms with Crippen LogP contribution in [0.2, 0.25) is 0 Å². The van der Waals surface area contributed by atoms with E-state index < -0.39 is 68.6 Å². The van der Waals surface area contributed by atoms with Gasteiger partial charge in [-0.25, -0.2) is 13.2 Å². The number of nitrogens with zero attached hydrogens (tertiary/aromatic N) is 2. The Labute approximate surface area is 303 Å². The van der Waals surface area contributed by atoms with Gasteiger partial charge in [-0.05, 0) is 70.1 Å². The molecule has 4 rings (SSSR count). The molecule has 1 unspecified atom stereocenters. The molecule has 4 N–H and O–H groups in total. The summed E-state index contributed by atoms with van der Waals surface area (Å²) in [5.41, 5.74) is -0.887. The average Bonchev–Trinajstić information content (AvgIpc) is 3.99. The van der Waals surface area contributed by atoms with E-state index in [1.807, 2.05) is 40.7 Å². The second kappa shape index (κ2) is 16.7. The lowest BCUT2D eigenvalue weighted by Crippen LogP contribution is -2.63.